The lowest BCUT2D eigenvalue weighted by Gasteiger charge is -2.61. The van der Waals surface area contributed by atoms with Crippen molar-refractivity contribution in [2.24, 2.45) is 40.4 Å². The summed E-state index contributed by atoms with van der Waals surface area (Å²) in [7, 11) is 0. The molecule has 0 aromatic rings. The lowest BCUT2D eigenvalue weighted by atomic mass is 9.44. The highest BCUT2D eigenvalue weighted by Gasteiger charge is 2.59. The number of nitrogens with one attached hydrogen (secondary N) is 1. The van der Waals surface area contributed by atoms with Gasteiger partial charge in [-0.3, -0.25) is 0 Å². The average molecular weight is 348 g/mol. The summed E-state index contributed by atoms with van der Waals surface area (Å²) in [4.78, 5) is 0. The van der Waals surface area contributed by atoms with E-state index in [1.165, 1.54) is 44.9 Å². The fraction of sp³-hybridized carbons (Fsp3) is 1.00. The van der Waals surface area contributed by atoms with E-state index in [-0.39, 0.29) is 1.43 Å². The van der Waals surface area contributed by atoms with E-state index in [4.69, 9.17) is 0 Å². The summed E-state index contributed by atoms with van der Waals surface area (Å²) in [6, 6.07) is 1.44. The van der Waals surface area contributed by atoms with E-state index >= 15 is 0 Å². The summed E-state index contributed by atoms with van der Waals surface area (Å²) in [5.41, 5.74) is 1.35. The van der Waals surface area contributed by atoms with Gasteiger partial charge in [0, 0.05) is 13.5 Å². The third-order valence-electron chi connectivity index (χ3n) is 9.92. The normalized spacial score (nSPS) is 52.6. The molecule has 4 aliphatic carbocycles. The van der Waals surface area contributed by atoms with Crippen LogP contribution in [0.1, 0.15) is 100 Å². The molecule has 0 saturated heterocycles. The predicted molar refractivity (Wildman–Crippen MR) is 110 cm³/mol. The summed E-state index contributed by atoms with van der Waals surface area (Å²) in [6.07, 6.45) is 15.0. The highest BCUT2D eigenvalue weighted by Crippen LogP contribution is 2.67. The molecule has 0 aromatic carbocycles. The first-order valence-electron chi connectivity index (χ1n) is 11.6. The van der Waals surface area contributed by atoms with Crippen LogP contribution in [0.4, 0.5) is 0 Å². The topological polar surface area (TPSA) is 12.0 Å². The minimum atomic E-state index is 0. The number of fused-ring (bicyclic) bond motifs is 5. The van der Waals surface area contributed by atoms with Crippen LogP contribution in [0.15, 0.2) is 0 Å². The van der Waals surface area contributed by atoms with Crippen molar-refractivity contribution in [1.29, 1.82) is 0 Å². The summed E-state index contributed by atoms with van der Waals surface area (Å²) in [5.74, 6) is 5.17. The number of rotatable bonds is 3. The molecule has 4 aliphatic rings. The lowest BCUT2D eigenvalue weighted by Crippen LogP contribution is -2.55. The van der Waals surface area contributed by atoms with Crippen LogP contribution in [0.5, 0.6) is 0 Å². The molecule has 4 saturated carbocycles. The zero-order chi connectivity index (χ0) is 17.8. The van der Waals surface area contributed by atoms with Crippen molar-refractivity contribution in [2.75, 3.05) is 0 Å². The van der Waals surface area contributed by atoms with Gasteiger partial charge < -0.3 is 5.32 Å². The molecular weight excluding hydrogens is 302 g/mol. The fourth-order valence-electron chi connectivity index (χ4n) is 8.66. The zero-order valence-corrected chi connectivity index (χ0v) is 17.6. The molecule has 1 N–H and O–H groups in total. The van der Waals surface area contributed by atoms with E-state index in [1.54, 1.807) is 19.3 Å². The highest BCUT2D eigenvalue weighted by atomic mass is 14.9. The minimum absolute atomic E-state index is 0. The third-order valence-corrected chi connectivity index (χ3v) is 9.92. The van der Waals surface area contributed by atoms with Crippen LogP contribution in [-0.2, 0) is 0 Å². The van der Waals surface area contributed by atoms with Crippen molar-refractivity contribution in [3.63, 3.8) is 0 Å². The van der Waals surface area contributed by atoms with Gasteiger partial charge in [0.1, 0.15) is 0 Å². The Morgan fingerprint density at radius 1 is 0.920 bits per heavy atom. The van der Waals surface area contributed by atoms with Gasteiger partial charge in [0.25, 0.3) is 0 Å². The van der Waals surface area contributed by atoms with E-state index in [0.29, 0.717) is 16.9 Å². The van der Waals surface area contributed by atoms with Gasteiger partial charge in [-0.05, 0) is 98.2 Å². The molecule has 0 amide bonds. The Kier molecular flexibility index (Phi) is 4.79. The van der Waals surface area contributed by atoms with Crippen molar-refractivity contribution < 1.29 is 1.43 Å². The Bertz CT molecular complexity index is 491. The molecule has 0 radical (unpaired) electrons. The van der Waals surface area contributed by atoms with Gasteiger partial charge in [-0.1, -0.05) is 41.0 Å². The van der Waals surface area contributed by atoms with E-state index in [2.05, 4.69) is 39.9 Å². The van der Waals surface area contributed by atoms with Crippen LogP contribution in [0.25, 0.3) is 0 Å². The second kappa shape index (κ2) is 6.54. The Balaban J connectivity index is 0.00000196. The lowest BCUT2D eigenvalue weighted by molar-refractivity contribution is -0.115. The third kappa shape index (κ3) is 2.82. The van der Waals surface area contributed by atoms with Crippen LogP contribution in [0.2, 0.25) is 0 Å². The molecule has 0 spiro atoms. The van der Waals surface area contributed by atoms with E-state index in [9.17, 15) is 0 Å². The Morgan fingerprint density at radius 3 is 2.36 bits per heavy atom. The molecule has 0 aliphatic heterocycles. The van der Waals surface area contributed by atoms with Crippen molar-refractivity contribution in [2.45, 2.75) is 111 Å². The second-order valence-corrected chi connectivity index (χ2v) is 11.2. The fourth-order valence-corrected chi connectivity index (χ4v) is 8.66. The Labute approximate surface area is 158 Å². The van der Waals surface area contributed by atoms with Gasteiger partial charge in [0.2, 0.25) is 0 Å². The first-order chi connectivity index (χ1) is 11.9. The number of hydrogen-bond acceptors (Lipinski definition) is 1. The summed E-state index contributed by atoms with van der Waals surface area (Å²) >= 11 is 0. The first kappa shape index (κ1) is 18.3. The molecule has 146 valence electrons. The Hall–Kier alpha value is -0.0400. The van der Waals surface area contributed by atoms with E-state index in [1.807, 2.05) is 0 Å². The van der Waals surface area contributed by atoms with Crippen LogP contribution in [-0.4, -0.2) is 12.1 Å². The molecule has 0 heterocycles. The van der Waals surface area contributed by atoms with Gasteiger partial charge in [-0.15, -0.1) is 0 Å². The van der Waals surface area contributed by atoms with Crippen molar-refractivity contribution in [3.05, 3.63) is 0 Å². The van der Waals surface area contributed by atoms with Crippen LogP contribution in [0, 0.1) is 40.4 Å². The summed E-state index contributed by atoms with van der Waals surface area (Å²) in [6.45, 7) is 12.5. The van der Waals surface area contributed by atoms with Gasteiger partial charge in [0.05, 0.1) is 0 Å². The minimum Gasteiger partial charge on any atom is -0.312 e. The summed E-state index contributed by atoms with van der Waals surface area (Å²) < 4.78 is 0. The summed E-state index contributed by atoms with van der Waals surface area (Å²) in [5, 5.41) is 3.86. The maximum absolute atomic E-state index is 3.86. The molecule has 0 aromatic heterocycles. The van der Waals surface area contributed by atoms with Gasteiger partial charge in [-0.25, -0.2) is 0 Å². The largest absolute Gasteiger partial charge is 0.312 e. The van der Waals surface area contributed by atoms with Crippen molar-refractivity contribution in [3.8, 4) is 0 Å². The SMILES string of the molecule is CC[C@H]1CCC2C3CCC4C[C@@H](NC(C)C)CC[C@]4(C)C3CC[C@@]21C.[HH]. The van der Waals surface area contributed by atoms with Crippen LogP contribution < -0.4 is 5.32 Å². The predicted octanol–water partition coefficient (Wildman–Crippen LogP) is 6.67. The molecule has 1 nitrogen and oxygen atoms in total. The van der Waals surface area contributed by atoms with Gasteiger partial charge >= 0.3 is 0 Å². The Morgan fingerprint density at radius 2 is 1.64 bits per heavy atom. The molecule has 1 heteroatoms. The van der Waals surface area contributed by atoms with Gasteiger partial charge in [-0.2, -0.15) is 0 Å². The molecule has 4 unspecified atom stereocenters. The average Bonchev–Trinajstić information content (AvgIpc) is 2.91. The molecular formula is C24H45N. The zero-order valence-electron chi connectivity index (χ0n) is 17.6. The van der Waals surface area contributed by atoms with Crippen LogP contribution in [0.3, 0.4) is 0 Å². The first-order valence-corrected chi connectivity index (χ1v) is 11.6. The van der Waals surface area contributed by atoms with Gasteiger partial charge in [0.15, 0.2) is 0 Å². The smallest absolute Gasteiger partial charge is 0.00724 e. The highest BCUT2D eigenvalue weighted by molar-refractivity contribution is 5.09. The molecule has 4 fully saturated rings. The molecule has 0 bridgehead atoms. The molecule has 8 atom stereocenters. The van der Waals surface area contributed by atoms with E-state index < -0.39 is 0 Å². The van der Waals surface area contributed by atoms with Crippen LogP contribution >= 0.6 is 0 Å². The quantitative estimate of drug-likeness (QED) is 0.601. The maximum Gasteiger partial charge on any atom is 0.00724 e. The number of hydrogen-bond donors (Lipinski definition) is 1. The van der Waals surface area contributed by atoms with Crippen molar-refractivity contribution in [1.82, 2.24) is 5.32 Å². The van der Waals surface area contributed by atoms with E-state index in [0.717, 1.165) is 35.6 Å². The second-order valence-electron chi connectivity index (χ2n) is 11.2. The molecule has 4 rings (SSSR count). The van der Waals surface area contributed by atoms with Crippen molar-refractivity contribution >= 4 is 0 Å². The standard InChI is InChI=1S/C24H43N.H2/c1-6-17-8-10-21-20-9-7-18-15-19(25-16(2)3)11-13-24(18,5)22(20)12-14-23(17,21)4;/h16-22,25H,6-15H2,1-5H3;1H/t17-,18?,19-,20?,21?,22?,23+,24-;/m0./s1. The maximum atomic E-state index is 3.86. The monoisotopic (exact) mass is 347 g/mol. The molecule has 25 heavy (non-hydrogen) atoms.